The zero-order chi connectivity index (χ0) is 39.5. The Labute approximate surface area is 341 Å². The van der Waals surface area contributed by atoms with E-state index in [1.807, 2.05) is 6.92 Å². The van der Waals surface area contributed by atoms with Crippen LogP contribution in [0.1, 0.15) is 40.7 Å². The number of allylic oxidation sites excluding steroid dienone is 4. The molecule has 264 valence electrons. The van der Waals surface area contributed by atoms with E-state index in [9.17, 15) is 0 Å². The second-order valence-electron chi connectivity index (χ2n) is 15.5. The standard InChI is InChI=1S/C52H39B4N/c1-30-21-22-39(28-42(30)45-31(2)13-11-20-41(45)36-16-9-6-10-17-36)43-29-44-46-49(55)50(56)47(53)33(4)51(46)57(52(44)48(54)32(43)3)40-25-23-35(24-26-40)38-19-12-18-37(27-38)34-14-7-5-8-15-34/h5-7,9-14,16-29H,8,15H2,1-4H3. The minimum atomic E-state index is 0.393. The highest BCUT2D eigenvalue weighted by Gasteiger charge is 2.23. The zero-order valence-electron chi connectivity index (χ0n) is 32.9. The lowest BCUT2D eigenvalue weighted by Crippen LogP contribution is -2.41. The maximum atomic E-state index is 7.31. The summed E-state index contributed by atoms with van der Waals surface area (Å²) >= 11 is 0. The van der Waals surface area contributed by atoms with Crippen LogP contribution >= 0.6 is 0 Å². The molecule has 0 saturated heterocycles. The molecule has 57 heavy (non-hydrogen) atoms. The third kappa shape index (κ3) is 6.16. The molecule has 1 heterocycles. The molecule has 0 N–H and O–H groups in total. The average molecular weight is 721 g/mol. The molecule has 1 aliphatic rings. The average Bonchev–Trinajstić information content (AvgIpc) is 3.60. The highest BCUT2D eigenvalue weighted by Crippen LogP contribution is 2.41. The van der Waals surface area contributed by atoms with Crippen LogP contribution in [-0.2, 0) is 0 Å². The van der Waals surface area contributed by atoms with Gasteiger partial charge < -0.3 is 4.57 Å². The Morgan fingerprint density at radius 2 is 1.21 bits per heavy atom. The number of fused-ring (bicyclic) bond motifs is 3. The minimum absolute atomic E-state index is 0.393. The summed E-state index contributed by atoms with van der Waals surface area (Å²) < 4.78 is 2.22. The topological polar surface area (TPSA) is 4.93 Å². The van der Waals surface area contributed by atoms with E-state index >= 15 is 0 Å². The molecule has 1 aromatic heterocycles. The molecule has 1 aliphatic carbocycles. The van der Waals surface area contributed by atoms with Crippen molar-refractivity contribution in [3.63, 3.8) is 0 Å². The fraction of sp³-hybridized carbons (Fsp3) is 0.115. The third-order valence-corrected chi connectivity index (χ3v) is 12.1. The summed E-state index contributed by atoms with van der Waals surface area (Å²) in [6.45, 7) is 8.50. The van der Waals surface area contributed by atoms with Crippen LogP contribution < -0.4 is 21.9 Å². The van der Waals surface area contributed by atoms with Crippen LogP contribution in [0.15, 0.2) is 140 Å². The number of hydrogen-bond acceptors (Lipinski definition) is 0. The van der Waals surface area contributed by atoms with Crippen molar-refractivity contribution in [3.05, 3.63) is 167 Å². The molecule has 0 bridgehead atoms. The van der Waals surface area contributed by atoms with Gasteiger partial charge in [0.1, 0.15) is 31.4 Å². The van der Waals surface area contributed by atoms with Crippen molar-refractivity contribution in [1.82, 2.24) is 4.57 Å². The first-order valence-corrected chi connectivity index (χ1v) is 19.7. The molecular formula is C52H39B4N. The highest BCUT2D eigenvalue weighted by molar-refractivity contribution is 6.62. The van der Waals surface area contributed by atoms with Crippen LogP contribution in [0.2, 0.25) is 0 Å². The summed E-state index contributed by atoms with van der Waals surface area (Å²) in [4.78, 5) is 0. The van der Waals surface area contributed by atoms with Gasteiger partial charge in [0.05, 0.1) is 5.52 Å². The minimum Gasteiger partial charge on any atom is -0.310 e. The van der Waals surface area contributed by atoms with Crippen molar-refractivity contribution in [2.24, 2.45) is 0 Å². The van der Waals surface area contributed by atoms with Crippen LogP contribution in [0.4, 0.5) is 0 Å². The summed E-state index contributed by atoms with van der Waals surface area (Å²) in [5.41, 5.74) is 20.9. The van der Waals surface area contributed by atoms with Crippen molar-refractivity contribution < 1.29 is 0 Å². The van der Waals surface area contributed by atoms with Crippen molar-refractivity contribution >= 4 is 80.6 Å². The predicted molar refractivity (Wildman–Crippen MR) is 249 cm³/mol. The first kappa shape index (κ1) is 36.7. The molecule has 9 rings (SSSR count). The Balaban J connectivity index is 1.23. The van der Waals surface area contributed by atoms with Crippen molar-refractivity contribution in [2.75, 3.05) is 0 Å². The van der Waals surface area contributed by atoms with E-state index in [1.165, 1.54) is 50.1 Å². The largest absolute Gasteiger partial charge is 0.310 e. The van der Waals surface area contributed by atoms with Gasteiger partial charge in [0, 0.05) is 22.0 Å². The lowest BCUT2D eigenvalue weighted by atomic mass is 9.68. The highest BCUT2D eigenvalue weighted by atomic mass is 15.0. The molecule has 8 radical (unpaired) electrons. The van der Waals surface area contributed by atoms with E-state index in [0.717, 1.165) is 68.2 Å². The molecular weight excluding hydrogens is 682 g/mol. The second-order valence-corrected chi connectivity index (χ2v) is 15.5. The van der Waals surface area contributed by atoms with Gasteiger partial charge in [-0.1, -0.05) is 126 Å². The first-order chi connectivity index (χ1) is 27.6. The van der Waals surface area contributed by atoms with Gasteiger partial charge in [0.2, 0.25) is 0 Å². The van der Waals surface area contributed by atoms with Gasteiger partial charge in [0.25, 0.3) is 0 Å². The summed E-state index contributed by atoms with van der Waals surface area (Å²) in [5, 5.41) is 1.79. The molecule has 5 heteroatoms. The SMILES string of the molecule is [B]c1c([B])c(C)c2c(c1[B])c1cc(-c3ccc(C)c(-c4c(C)cccc4-c4ccccc4)c3)c(C)c([B])c1n2-c1ccc(-c2cccc(C3=CC=CCC3)c2)cc1. The molecule has 0 amide bonds. The first-order valence-electron chi connectivity index (χ1n) is 19.7. The zero-order valence-corrected chi connectivity index (χ0v) is 32.9. The Hall–Kier alpha value is -5.92. The maximum absolute atomic E-state index is 7.31. The number of nitrogens with zero attached hydrogens (tertiary/aromatic N) is 1. The van der Waals surface area contributed by atoms with Crippen LogP contribution in [0.25, 0.3) is 77.6 Å². The summed E-state index contributed by atoms with van der Waals surface area (Å²) in [6.07, 6.45) is 8.73. The van der Waals surface area contributed by atoms with Gasteiger partial charge in [-0.3, -0.25) is 0 Å². The van der Waals surface area contributed by atoms with E-state index in [2.05, 4.69) is 165 Å². The normalized spacial score (nSPS) is 12.7. The molecule has 0 spiro atoms. The fourth-order valence-corrected chi connectivity index (χ4v) is 8.85. The van der Waals surface area contributed by atoms with Gasteiger partial charge >= 0.3 is 0 Å². The van der Waals surface area contributed by atoms with Gasteiger partial charge in [-0.2, -0.15) is 0 Å². The van der Waals surface area contributed by atoms with Gasteiger partial charge in [-0.15, -0.1) is 5.46 Å². The monoisotopic (exact) mass is 721 g/mol. The van der Waals surface area contributed by atoms with E-state index in [-0.39, 0.29) is 0 Å². The van der Waals surface area contributed by atoms with Gasteiger partial charge in [-0.25, -0.2) is 0 Å². The van der Waals surface area contributed by atoms with Crippen LogP contribution in [-0.4, -0.2) is 36.0 Å². The molecule has 7 aromatic carbocycles. The lowest BCUT2D eigenvalue weighted by molar-refractivity contribution is 1.05. The number of benzene rings is 7. The predicted octanol–water partition coefficient (Wildman–Crippen LogP) is 9.59. The summed E-state index contributed by atoms with van der Waals surface area (Å²) in [6, 6.07) is 43.6. The van der Waals surface area contributed by atoms with Crippen LogP contribution in [0.5, 0.6) is 0 Å². The Morgan fingerprint density at radius 1 is 0.491 bits per heavy atom. The summed E-state index contributed by atoms with van der Waals surface area (Å²) in [5.74, 6) is 0. The van der Waals surface area contributed by atoms with Crippen LogP contribution in [0, 0.1) is 27.7 Å². The number of aryl methyl sites for hydroxylation is 3. The Morgan fingerprint density at radius 3 is 1.96 bits per heavy atom. The maximum Gasteiger partial charge on any atom is 0.117 e. The van der Waals surface area contributed by atoms with Crippen molar-refractivity contribution in [2.45, 2.75) is 40.5 Å². The van der Waals surface area contributed by atoms with Gasteiger partial charge in [0.15, 0.2) is 0 Å². The quantitative estimate of drug-likeness (QED) is 0.151. The Bertz CT molecular complexity index is 2970. The lowest BCUT2D eigenvalue weighted by Gasteiger charge is -2.19. The molecule has 0 saturated carbocycles. The fourth-order valence-electron chi connectivity index (χ4n) is 8.85. The summed E-state index contributed by atoms with van der Waals surface area (Å²) in [7, 11) is 27.6. The van der Waals surface area contributed by atoms with E-state index in [1.54, 1.807) is 0 Å². The van der Waals surface area contributed by atoms with Gasteiger partial charge in [-0.05, 0) is 149 Å². The third-order valence-electron chi connectivity index (χ3n) is 12.1. The second kappa shape index (κ2) is 14.5. The molecule has 0 fully saturated rings. The van der Waals surface area contributed by atoms with E-state index in [0.29, 0.717) is 21.9 Å². The van der Waals surface area contributed by atoms with E-state index in [4.69, 9.17) is 31.4 Å². The smallest absolute Gasteiger partial charge is 0.117 e. The number of rotatable bonds is 6. The van der Waals surface area contributed by atoms with Crippen molar-refractivity contribution in [3.8, 4) is 50.2 Å². The number of hydrogen-bond donors (Lipinski definition) is 0. The Kier molecular flexibility index (Phi) is 9.36. The molecule has 8 aromatic rings. The van der Waals surface area contributed by atoms with Crippen molar-refractivity contribution in [1.29, 1.82) is 0 Å². The number of aromatic nitrogens is 1. The molecule has 0 aliphatic heterocycles. The van der Waals surface area contributed by atoms with E-state index < -0.39 is 0 Å². The molecule has 0 atom stereocenters. The molecule has 1 nitrogen and oxygen atoms in total. The molecule has 0 unspecified atom stereocenters. The van der Waals surface area contributed by atoms with Crippen LogP contribution in [0.3, 0.4) is 0 Å².